The van der Waals surface area contributed by atoms with Crippen LogP contribution in [0.15, 0.2) is 0 Å². The number of ether oxygens (including phenoxy) is 2. The van der Waals surface area contributed by atoms with E-state index < -0.39 is 0 Å². The second kappa shape index (κ2) is 3.25. The fraction of sp³-hybridized carbons (Fsp3) is 1.00. The molecule has 0 amide bonds. The van der Waals surface area contributed by atoms with Crippen molar-refractivity contribution in [1.82, 2.24) is 0 Å². The van der Waals surface area contributed by atoms with Gasteiger partial charge in [0.25, 0.3) is 0 Å². The van der Waals surface area contributed by atoms with E-state index in [2.05, 4.69) is 13.8 Å². The van der Waals surface area contributed by atoms with E-state index in [-0.39, 0.29) is 5.60 Å². The molecule has 0 aromatic heterocycles. The molecule has 2 rings (SSSR count). The van der Waals surface area contributed by atoms with E-state index in [1.807, 2.05) is 0 Å². The summed E-state index contributed by atoms with van der Waals surface area (Å²) in [7, 11) is 1.79. The Kier molecular flexibility index (Phi) is 2.37. The molecule has 0 aromatic rings. The van der Waals surface area contributed by atoms with Gasteiger partial charge in [-0.15, -0.1) is 0 Å². The Balaban J connectivity index is 1.83. The SMILES string of the molecule is COCC(C)C1CCC2(C)OC2C1. The third kappa shape index (κ3) is 1.75. The summed E-state index contributed by atoms with van der Waals surface area (Å²) >= 11 is 0. The minimum absolute atomic E-state index is 0.267. The average Bonchev–Trinajstić information content (AvgIpc) is 2.75. The van der Waals surface area contributed by atoms with Crippen LogP contribution in [0.4, 0.5) is 0 Å². The van der Waals surface area contributed by atoms with E-state index in [1.54, 1.807) is 7.11 Å². The van der Waals surface area contributed by atoms with Crippen molar-refractivity contribution in [2.24, 2.45) is 11.8 Å². The minimum atomic E-state index is 0.267. The summed E-state index contributed by atoms with van der Waals surface area (Å²) in [5.74, 6) is 1.51. The van der Waals surface area contributed by atoms with Gasteiger partial charge in [0, 0.05) is 13.7 Å². The van der Waals surface area contributed by atoms with E-state index in [9.17, 15) is 0 Å². The normalized spacial score (nSPS) is 45.5. The fourth-order valence-electron chi connectivity index (χ4n) is 2.59. The standard InChI is InChI=1S/C11H20O2/c1-8(7-12-3)9-4-5-11(2)10(6-9)13-11/h8-10H,4-7H2,1-3H3. The zero-order valence-corrected chi connectivity index (χ0v) is 8.88. The van der Waals surface area contributed by atoms with E-state index in [4.69, 9.17) is 9.47 Å². The van der Waals surface area contributed by atoms with Crippen molar-refractivity contribution in [2.75, 3.05) is 13.7 Å². The van der Waals surface area contributed by atoms with Crippen LogP contribution < -0.4 is 0 Å². The number of epoxide rings is 1. The molecular weight excluding hydrogens is 164 g/mol. The predicted octanol–water partition coefficient (Wildman–Crippen LogP) is 2.23. The largest absolute Gasteiger partial charge is 0.384 e. The molecule has 13 heavy (non-hydrogen) atoms. The highest BCUT2D eigenvalue weighted by Gasteiger charge is 2.55. The van der Waals surface area contributed by atoms with E-state index >= 15 is 0 Å². The molecule has 0 N–H and O–H groups in total. The summed E-state index contributed by atoms with van der Waals surface area (Å²) in [4.78, 5) is 0. The maximum absolute atomic E-state index is 5.68. The number of fused-ring (bicyclic) bond motifs is 1. The number of hydrogen-bond acceptors (Lipinski definition) is 2. The molecule has 1 saturated carbocycles. The Morgan fingerprint density at radius 1 is 1.62 bits per heavy atom. The van der Waals surface area contributed by atoms with E-state index in [0.29, 0.717) is 12.0 Å². The van der Waals surface area contributed by atoms with Crippen LogP contribution in [0, 0.1) is 11.8 Å². The quantitative estimate of drug-likeness (QED) is 0.627. The molecular formula is C11H20O2. The van der Waals surface area contributed by atoms with Crippen LogP contribution in [0.25, 0.3) is 0 Å². The molecule has 2 nitrogen and oxygen atoms in total. The Morgan fingerprint density at radius 3 is 3.00 bits per heavy atom. The summed E-state index contributed by atoms with van der Waals surface area (Å²) in [6.45, 7) is 5.43. The van der Waals surface area contributed by atoms with Gasteiger partial charge >= 0.3 is 0 Å². The van der Waals surface area contributed by atoms with Gasteiger partial charge in [-0.1, -0.05) is 6.92 Å². The second-order valence-electron chi connectivity index (χ2n) is 4.89. The van der Waals surface area contributed by atoms with Crippen LogP contribution in [-0.4, -0.2) is 25.4 Å². The zero-order valence-electron chi connectivity index (χ0n) is 8.88. The van der Waals surface area contributed by atoms with Gasteiger partial charge in [0.2, 0.25) is 0 Å². The maximum Gasteiger partial charge on any atom is 0.0920 e. The van der Waals surface area contributed by atoms with E-state index in [0.717, 1.165) is 12.5 Å². The molecule has 2 heteroatoms. The highest BCUT2D eigenvalue weighted by Crippen LogP contribution is 2.50. The van der Waals surface area contributed by atoms with Gasteiger partial charge in [-0.3, -0.25) is 0 Å². The smallest absolute Gasteiger partial charge is 0.0920 e. The lowest BCUT2D eigenvalue weighted by Gasteiger charge is -2.27. The fourth-order valence-corrected chi connectivity index (χ4v) is 2.59. The summed E-state index contributed by atoms with van der Waals surface area (Å²) in [5, 5.41) is 0. The molecule has 4 unspecified atom stereocenters. The average molecular weight is 184 g/mol. The first kappa shape index (κ1) is 9.47. The van der Waals surface area contributed by atoms with Gasteiger partial charge < -0.3 is 9.47 Å². The first-order valence-electron chi connectivity index (χ1n) is 5.32. The third-order valence-electron chi connectivity index (χ3n) is 3.80. The molecule has 1 saturated heterocycles. The second-order valence-corrected chi connectivity index (χ2v) is 4.89. The van der Waals surface area contributed by atoms with Gasteiger partial charge in [-0.2, -0.15) is 0 Å². The molecule has 1 aliphatic heterocycles. The monoisotopic (exact) mass is 184 g/mol. The lowest BCUT2D eigenvalue weighted by molar-refractivity contribution is 0.115. The highest BCUT2D eigenvalue weighted by atomic mass is 16.6. The molecule has 4 atom stereocenters. The van der Waals surface area contributed by atoms with Crippen LogP contribution >= 0.6 is 0 Å². The summed E-state index contributed by atoms with van der Waals surface area (Å²) < 4.78 is 10.9. The van der Waals surface area contributed by atoms with Crippen LogP contribution in [-0.2, 0) is 9.47 Å². The van der Waals surface area contributed by atoms with Crippen molar-refractivity contribution >= 4 is 0 Å². The van der Waals surface area contributed by atoms with Crippen LogP contribution in [0.5, 0.6) is 0 Å². The van der Waals surface area contributed by atoms with Gasteiger partial charge in [0.05, 0.1) is 11.7 Å². The Morgan fingerprint density at radius 2 is 2.38 bits per heavy atom. The molecule has 2 aliphatic rings. The summed E-state index contributed by atoms with van der Waals surface area (Å²) in [6, 6.07) is 0. The van der Waals surface area contributed by atoms with Gasteiger partial charge in [0.1, 0.15) is 0 Å². The van der Waals surface area contributed by atoms with Gasteiger partial charge in [-0.05, 0) is 38.0 Å². The van der Waals surface area contributed by atoms with Crippen molar-refractivity contribution in [1.29, 1.82) is 0 Å². The van der Waals surface area contributed by atoms with Crippen molar-refractivity contribution < 1.29 is 9.47 Å². The number of methoxy groups -OCH3 is 1. The predicted molar refractivity (Wildman–Crippen MR) is 51.7 cm³/mol. The highest BCUT2D eigenvalue weighted by molar-refractivity contribution is 5.03. The lowest BCUT2D eigenvalue weighted by atomic mass is 9.77. The van der Waals surface area contributed by atoms with Crippen molar-refractivity contribution in [3.05, 3.63) is 0 Å². The Labute approximate surface area is 80.6 Å². The number of hydrogen-bond donors (Lipinski definition) is 0. The van der Waals surface area contributed by atoms with Crippen molar-refractivity contribution in [3.8, 4) is 0 Å². The molecule has 0 bridgehead atoms. The molecule has 2 fully saturated rings. The van der Waals surface area contributed by atoms with Crippen LogP contribution in [0.1, 0.15) is 33.1 Å². The van der Waals surface area contributed by atoms with E-state index in [1.165, 1.54) is 19.3 Å². The van der Waals surface area contributed by atoms with Crippen molar-refractivity contribution in [3.63, 3.8) is 0 Å². The molecule has 1 heterocycles. The minimum Gasteiger partial charge on any atom is -0.384 e. The number of rotatable bonds is 3. The Hall–Kier alpha value is -0.0800. The first-order valence-corrected chi connectivity index (χ1v) is 5.32. The van der Waals surface area contributed by atoms with Gasteiger partial charge in [0.15, 0.2) is 0 Å². The molecule has 0 spiro atoms. The van der Waals surface area contributed by atoms with Gasteiger partial charge in [-0.25, -0.2) is 0 Å². The van der Waals surface area contributed by atoms with Crippen molar-refractivity contribution in [2.45, 2.75) is 44.8 Å². The first-order chi connectivity index (χ1) is 6.15. The van der Waals surface area contributed by atoms with Crippen LogP contribution in [0.3, 0.4) is 0 Å². The zero-order chi connectivity index (χ0) is 9.47. The maximum atomic E-state index is 5.68. The molecule has 0 aromatic carbocycles. The molecule has 1 aliphatic carbocycles. The molecule has 0 radical (unpaired) electrons. The Bertz CT molecular complexity index is 193. The summed E-state index contributed by atoms with van der Waals surface area (Å²) in [5.41, 5.74) is 0.267. The third-order valence-corrected chi connectivity index (χ3v) is 3.80. The topological polar surface area (TPSA) is 21.8 Å². The van der Waals surface area contributed by atoms with Crippen LogP contribution in [0.2, 0.25) is 0 Å². The summed E-state index contributed by atoms with van der Waals surface area (Å²) in [6.07, 6.45) is 4.38. The lowest BCUT2D eigenvalue weighted by Crippen LogP contribution is -2.27. The molecule has 76 valence electrons.